The number of hydrogen-bond acceptors (Lipinski definition) is 5. The first-order valence-electron chi connectivity index (χ1n) is 7.04. The quantitative estimate of drug-likeness (QED) is 0.532. The Hall–Kier alpha value is -1.95. The van der Waals surface area contributed by atoms with Gasteiger partial charge in [-0.2, -0.15) is 0 Å². The number of fused-ring (bicyclic) bond motifs is 1. The minimum absolute atomic E-state index is 0.518. The first-order chi connectivity index (χ1) is 9.67. The summed E-state index contributed by atoms with van der Waals surface area (Å²) < 4.78 is 7.37. The van der Waals surface area contributed by atoms with Crippen molar-refractivity contribution >= 4 is 28.4 Å². The SMILES string of the molecule is CCNc1cc2c(cc1N)nc(N)n2CCCOCC. The molecule has 0 amide bonds. The lowest BCUT2D eigenvalue weighted by Crippen LogP contribution is -2.07. The third-order valence-corrected chi connectivity index (χ3v) is 3.19. The lowest BCUT2D eigenvalue weighted by Gasteiger charge is -2.10. The molecule has 1 aromatic carbocycles. The van der Waals surface area contributed by atoms with Gasteiger partial charge >= 0.3 is 0 Å². The fourth-order valence-corrected chi connectivity index (χ4v) is 2.25. The average molecular weight is 277 g/mol. The van der Waals surface area contributed by atoms with E-state index in [0.717, 1.165) is 49.4 Å². The summed E-state index contributed by atoms with van der Waals surface area (Å²) in [6.45, 7) is 7.11. The normalized spacial score (nSPS) is 11.1. The number of hydrogen-bond donors (Lipinski definition) is 3. The molecule has 1 heterocycles. The topological polar surface area (TPSA) is 91.1 Å². The zero-order valence-electron chi connectivity index (χ0n) is 12.1. The van der Waals surface area contributed by atoms with E-state index in [1.54, 1.807) is 0 Å². The van der Waals surface area contributed by atoms with Gasteiger partial charge in [0.15, 0.2) is 0 Å². The van der Waals surface area contributed by atoms with Gasteiger partial charge in [-0.3, -0.25) is 0 Å². The summed E-state index contributed by atoms with van der Waals surface area (Å²) in [6.07, 6.45) is 0.907. The van der Waals surface area contributed by atoms with Crippen LogP contribution >= 0.6 is 0 Å². The Balaban J connectivity index is 2.28. The Morgan fingerprint density at radius 2 is 2.10 bits per heavy atom. The van der Waals surface area contributed by atoms with Crippen molar-refractivity contribution in [1.82, 2.24) is 9.55 Å². The van der Waals surface area contributed by atoms with Crippen molar-refractivity contribution in [3.63, 3.8) is 0 Å². The molecule has 6 heteroatoms. The molecule has 0 fully saturated rings. The summed E-state index contributed by atoms with van der Waals surface area (Å²) in [5, 5.41) is 3.25. The number of nitrogens with two attached hydrogens (primary N) is 2. The second-order valence-electron chi connectivity index (χ2n) is 4.63. The maximum atomic E-state index is 6.00. The summed E-state index contributed by atoms with van der Waals surface area (Å²) >= 11 is 0. The number of aryl methyl sites for hydroxylation is 1. The molecule has 20 heavy (non-hydrogen) atoms. The highest BCUT2D eigenvalue weighted by Crippen LogP contribution is 2.27. The third-order valence-electron chi connectivity index (χ3n) is 3.19. The van der Waals surface area contributed by atoms with Crippen LogP contribution in [0.25, 0.3) is 11.0 Å². The van der Waals surface area contributed by atoms with Gasteiger partial charge in [-0.1, -0.05) is 0 Å². The van der Waals surface area contributed by atoms with Gasteiger partial charge in [0.25, 0.3) is 0 Å². The number of aromatic nitrogens is 2. The molecule has 1 aromatic heterocycles. The van der Waals surface area contributed by atoms with Crippen LogP contribution in [0.4, 0.5) is 17.3 Å². The molecule has 0 aliphatic heterocycles. The van der Waals surface area contributed by atoms with Crippen molar-refractivity contribution in [2.24, 2.45) is 0 Å². The van der Waals surface area contributed by atoms with Crippen molar-refractivity contribution < 1.29 is 4.74 Å². The smallest absolute Gasteiger partial charge is 0.201 e. The van der Waals surface area contributed by atoms with Crippen molar-refractivity contribution in [2.45, 2.75) is 26.8 Å². The second kappa shape index (κ2) is 6.47. The van der Waals surface area contributed by atoms with Gasteiger partial charge in [-0.25, -0.2) is 4.98 Å². The molecular formula is C14H23N5O. The van der Waals surface area contributed by atoms with E-state index in [2.05, 4.69) is 10.3 Å². The number of rotatable bonds is 7. The summed E-state index contributed by atoms with van der Waals surface area (Å²) in [6, 6.07) is 3.88. The molecule has 110 valence electrons. The van der Waals surface area contributed by atoms with E-state index >= 15 is 0 Å². The molecule has 0 aliphatic rings. The van der Waals surface area contributed by atoms with Crippen molar-refractivity contribution in [1.29, 1.82) is 0 Å². The second-order valence-corrected chi connectivity index (χ2v) is 4.63. The lowest BCUT2D eigenvalue weighted by atomic mass is 10.2. The van der Waals surface area contributed by atoms with Crippen LogP contribution in [0.3, 0.4) is 0 Å². The Labute approximate surface area is 119 Å². The number of nitrogens with one attached hydrogen (secondary N) is 1. The van der Waals surface area contributed by atoms with Crippen LogP contribution in [0, 0.1) is 0 Å². The predicted molar refractivity (Wildman–Crippen MR) is 83.8 cm³/mol. The van der Waals surface area contributed by atoms with Gasteiger partial charge in [-0.15, -0.1) is 0 Å². The fourth-order valence-electron chi connectivity index (χ4n) is 2.25. The molecular weight excluding hydrogens is 254 g/mol. The first-order valence-corrected chi connectivity index (χ1v) is 7.04. The zero-order chi connectivity index (χ0) is 14.5. The van der Waals surface area contributed by atoms with E-state index in [1.165, 1.54) is 0 Å². The third kappa shape index (κ3) is 2.96. The van der Waals surface area contributed by atoms with Crippen molar-refractivity contribution in [3.05, 3.63) is 12.1 Å². The zero-order valence-corrected chi connectivity index (χ0v) is 12.1. The molecule has 5 N–H and O–H groups in total. The number of benzene rings is 1. The Bertz CT molecular complexity index is 578. The van der Waals surface area contributed by atoms with Gasteiger partial charge in [0, 0.05) is 26.3 Å². The van der Waals surface area contributed by atoms with E-state index < -0.39 is 0 Å². The van der Waals surface area contributed by atoms with Crippen LogP contribution in [0.15, 0.2) is 12.1 Å². The van der Waals surface area contributed by atoms with Crippen LogP contribution in [-0.4, -0.2) is 29.3 Å². The van der Waals surface area contributed by atoms with E-state index in [0.29, 0.717) is 11.6 Å². The number of anilines is 3. The Morgan fingerprint density at radius 1 is 1.30 bits per heavy atom. The molecule has 6 nitrogen and oxygen atoms in total. The monoisotopic (exact) mass is 277 g/mol. The van der Waals surface area contributed by atoms with E-state index in [4.69, 9.17) is 16.2 Å². The molecule has 0 bridgehead atoms. The molecule has 0 saturated carbocycles. The minimum Gasteiger partial charge on any atom is -0.397 e. The summed E-state index contributed by atoms with van der Waals surface area (Å²) in [7, 11) is 0. The van der Waals surface area contributed by atoms with Gasteiger partial charge in [0.2, 0.25) is 5.95 Å². The standard InChI is InChI=1S/C14H23N5O/c1-3-17-11-9-13-12(8-10(11)15)18-14(16)19(13)6-5-7-20-4-2/h8-9,17H,3-7,15H2,1-2H3,(H2,16,18). The van der Waals surface area contributed by atoms with Crippen LogP contribution in [0.5, 0.6) is 0 Å². The number of nitrogens with zero attached hydrogens (tertiary/aromatic N) is 2. The lowest BCUT2D eigenvalue weighted by molar-refractivity contribution is 0.142. The fraction of sp³-hybridized carbons (Fsp3) is 0.500. The number of ether oxygens (including phenoxy) is 1. The van der Waals surface area contributed by atoms with E-state index in [9.17, 15) is 0 Å². The molecule has 0 saturated heterocycles. The van der Waals surface area contributed by atoms with E-state index in [-0.39, 0.29) is 0 Å². The van der Waals surface area contributed by atoms with Crippen LogP contribution in [0.1, 0.15) is 20.3 Å². The van der Waals surface area contributed by atoms with Crippen LogP contribution in [-0.2, 0) is 11.3 Å². The Morgan fingerprint density at radius 3 is 2.80 bits per heavy atom. The highest BCUT2D eigenvalue weighted by atomic mass is 16.5. The van der Waals surface area contributed by atoms with Crippen LogP contribution in [0.2, 0.25) is 0 Å². The summed E-state index contributed by atoms with van der Waals surface area (Å²) in [5.74, 6) is 0.518. The molecule has 0 unspecified atom stereocenters. The van der Waals surface area contributed by atoms with Gasteiger partial charge < -0.3 is 26.1 Å². The summed E-state index contributed by atoms with van der Waals surface area (Å²) in [4.78, 5) is 4.37. The van der Waals surface area contributed by atoms with Crippen molar-refractivity contribution in [3.8, 4) is 0 Å². The highest BCUT2D eigenvalue weighted by molar-refractivity contribution is 5.88. The largest absolute Gasteiger partial charge is 0.397 e. The summed E-state index contributed by atoms with van der Waals surface area (Å²) in [5.41, 5.74) is 15.4. The number of nitrogen functional groups attached to an aromatic ring is 2. The van der Waals surface area contributed by atoms with E-state index in [1.807, 2.05) is 30.5 Å². The van der Waals surface area contributed by atoms with Crippen LogP contribution < -0.4 is 16.8 Å². The predicted octanol–water partition coefficient (Wildman–Crippen LogP) is 2.06. The highest BCUT2D eigenvalue weighted by Gasteiger charge is 2.11. The molecule has 0 aliphatic carbocycles. The molecule has 2 aromatic rings. The maximum absolute atomic E-state index is 6.00. The van der Waals surface area contributed by atoms with Gasteiger partial charge in [0.05, 0.1) is 22.4 Å². The first kappa shape index (κ1) is 14.5. The average Bonchev–Trinajstić information content (AvgIpc) is 2.71. The van der Waals surface area contributed by atoms with Gasteiger partial charge in [0.1, 0.15) is 0 Å². The maximum Gasteiger partial charge on any atom is 0.201 e. The molecule has 0 atom stereocenters. The molecule has 0 radical (unpaired) electrons. The van der Waals surface area contributed by atoms with Crippen molar-refractivity contribution in [2.75, 3.05) is 36.5 Å². The van der Waals surface area contributed by atoms with Gasteiger partial charge in [-0.05, 0) is 32.4 Å². The molecule has 0 spiro atoms. The number of imidazole rings is 1. The minimum atomic E-state index is 0.518. The molecule has 2 rings (SSSR count). The Kier molecular flexibility index (Phi) is 4.68.